The van der Waals surface area contributed by atoms with E-state index in [1.807, 2.05) is 6.92 Å². The van der Waals surface area contributed by atoms with Crippen molar-refractivity contribution < 1.29 is 19.5 Å². The zero-order valence-corrected chi connectivity index (χ0v) is 12.7. The number of anilines is 1. The van der Waals surface area contributed by atoms with Crippen LogP contribution in [-0.4, -0.2) is 29.4 Å². The second kappa shape index (κ2) is 9.55. The molecule has 6 nitrogen and oxygen atoms in total. The van der Waals surface area contributed by atoms with Gasteiger partial charge in [0.2, 0.25) is 5.91 Å². The first kappa shape index (κ1) is 17.7. The highest BCUT2D eigenvalue weighted by molar-refractivity contribution is 5.97. The summed E-state index contributed by atoms with van der Waals surface area (Å²) in [6, 6.07) is 6.74. The molecular formula is C16H22N2O4. The van der Waals surface area contributed by atoms with E-state index in [4.69, 9.17) is 5.11 Å². The van der Waals surface area contributed by atoms with E-state index in [1.54, 1.807) is 24.3 Å². The van der Waals surface area contributed by atoms with Crippen LogP contribution in [0.5, 0.6) is 0 Å². The van der Waals surface area contributed by atoms with Gasteiger partial charge in [0.1, 0.15) is 0 Å². The van der Waals surface area contributed by atoms with Gasteiger partial charge in [-0.15, -0.1) is 0 Å². The average Bonchev–Trinajstić information content (AvgIpc) is 2.49. The molecule has 0 heterocycles. The molecular weight excluding hydrogens is 284 g/mol. The van der Waals surface area contributed by atoms with E-state index in [9.17, 15) is 14.4 Å². The Balaban J connectivity index is 2.46. The molecule has 22 heavy (non-hydrogen) atoms. The summed E-state index contributed by atoms with van der Waals surface area (Å²) in [6.07, 6.45) is 2.19. The topological polar surface area (TPSA) is 95.5 Å². The molecule has 1 rings (SSSR count). The van der Waals surface area contributed by atoms with Gasteiger partial charge in [0.25, 0.3) is 5.91 Å². The van der Waals surface area contributed by atoms with Crippen molar-refractivity contribution in [3.05, 3.63) is 29.8 Å². The lowest BCUT2D eigenvalue weighted by atomic mass is 10.1. The fourth-order valence-corrected chi connectivity index (χ4v) is 1.86. The Labute approximate surface area is 129 Å². The molecule has 0 unspecified atom stereocenters. The SMILES string of the molecule is CCCNC(=O)c1cccc(NC(=O)CCCCC(=O)O)c1. The van der Waals surface area contributed by atoms with E-state index < -0.39 is 5.97 Å². The maximum atomic E-state index is 11.8. The van der Waals surface area contributed by atoms with Crippen LogP contribution in [0.3, 0.4) is 0 Å². The van der Waals surface area contributed by atoms with E-state index in [-0.39, 0.29) is 24.7 Å². The second-order valence-corrected chi connectivity index (χ2v) is 4.99. The number of hydrogen-bond donors (Lipinski definition) is 3. The van der Waals surface area contributed by atoms with Crippen molar-refractivity contribution in [3.8, 4) is 0 Å². The molecule has 6 heteroatoms. The molecule has 0 bridgehead atoms. The first-order chi connectivity index (χ1) is 10.5. The van der Waals surface area contributed by atoms with E-state index in [2.05, 4.69) is 10.6 Å². The van der Waals surface area contributed by atoms with Gasteiger partial charge >= 0.3 is 5.97 Å². The van der Waals surface area contributed by atoms with E-state index in [0.29, 0.717) is 30.6 Å². The van der Waals surface area contributed by atoms with E-state index >= 15 is 0 Å². The summed E-state index contributed by atoms with van der Waals surface area (Å²) < 4.78 is 0. The number of aliphatic carboxylic acids is 1. The Morgan fingerprint density at radius 1 is 1.14 bits per heavy atom. The lowest BCUT2D eigenvalue weighted by molar-refractivity contribution is -0.137. The van der Waals surface area contributed by atoms with Gasteiger partial charge in [0.15, 0.2) is 0 Å². The number of rotatable bonds is 9. The molecule has 0 fully saturated rings. The van der Waals surface area contributed by atoms with Crippen LogP contribution in [0.15, 0.2) is 24.3 Å². The monoisotopic (exact) mass is 306 g/mol. The van der Waals surface area contributed by atoms with Crippen molar-refractivity contribution >= 4 is 23.5 Å². The van der Waals surface area contributed by atoms with Crippen LogP contribution in [0.4, 0.5) is 5.69 Å². The molecule has 1 aromatic carbocycles. The number of benzene rings is 1. The molecule has 0 aromatic heterocycles. The number of carboxylic acid groups (broad SMARTS) is 1. The van der Waals surface area contributed by atoms with Gasteiger partial charge in [0, 0.05) is 30.6 Å². The number of carbonyl (C=O) groups is 3. The fraction of sp³-hybridized carbons (Fsp3) is 0.438. The van der Waals surface area contributed by atoms with Gasteiger partial charge in [-0.25, -0.2) is 0 Å². The van der Waals surface area contributed by atoms with E-state index in [1.165, 1.54) is 0 Å². The summed E-state index contributed by atoms with van der Waals surface area (Å²) in [7, 11) is 0. The molecule has 0 aliphatic heterocycles. The average molecular weight is 306 g/mol. The molecule has 0 aliphatic carbocycles. The molecule has 0 atom stereocenters. The van der Waals surface area contributed by atoms with Gasteiger partial charge in [-0.3, -0.25) is 14.4 Å². The van der Waals surface area contributed by atoms with Crippen molar-refractivity contribution in [2.24, 2.45) is 0 Å². The predicted octanol–water partition coefficient (Wildman–Crippen LogP) is 2.41. The normalized spacial score (nSPS) is 10.0. The molecule has 0 saturated heterocycles. The summed E-state index contributed by atoms with van der Waals surface area (Å²) >= 11 is 0. The standard InChI is InChI=1S/C16H22N2O4/c1-2-10-17-16(22)12-6-5-7-13(11-12)18-14(19)8-3-4-9-15(20)21/h5-7,11H,2-4,8-10H2,1H3,(H,17,22)(H,18,19)(H,20,21). The number of carboxylic acids is 1. The van der Waals surface area contributed by atoms with Crippen LogP contribution in [0.2, 0.25) is 0 Å². The summed E-state index contributed by atoms with van der Waals surface area (Å²) in [4.78, 5) is 34.0. The largest absolute Gasteiger partial charge is 0.481 e. The molecule has 2 amide bonds. The lowest BCUT2D eigenvalue weighted by Crippen LogP contribution is -2.24. The molecule has 0 aliphatic rings. The Kier molecular flexibility index (Phi) is 7.67. The number of unbranched alkanes of at least 4 members (excludes halogenated alkanes) is 1. The Morgan fingerprint density at radius 3 is 2.55 bits per heavy atom. The van der Waals surface area contributed by atoms with Gasteiger partial charge in [-0.05, 0) is 37.5 Å². The van der Waals surface area contributed by atoms with Crippen molar-refractivity contribution in [2.75, 3.05) is 11.9 Å². The molecule has 0 spiro atoms. The zero-order chi connectivity index (χ0) is 16.4. The third-order valence-electron chi connectivity index (χ3n) is 2.99. The highest BCUT2D eigenvalue weighted by Crippen LogP contribution is 2.12. The van der Waals surface area contributed by atoms with Gasteiger partial charge in [-0.1, -0.05) is 13.0 Å². The minimum Gasteiger partial charge on any atom is -0.481 e. The van der Waals surface area contributed by atoms with Crippen molar-refractivity contribution in [3.63, 3.8) is 0 Å². The molecule has 0 radical (unpaired) electrons. The molecule has 120 valence electrons. The number of amides is 2. The van der Waals surface area contributed by atoms with Crippen LogP contribution >= 0.6 is 0 Å². The third-order valence-corrected chi connectivity index (χ3v) is 2.99. The van der Waals surface area contributed by atoms with Gasteiger partial charge < -0.3 is 15.7 Å². The van der Waals surface area contributed by atoms with Crippen LogP contribution in [0, 0.1) is 0 Å². The van der Waals surface area contributed by atoms with Crippen LogP contribution in [0.1, 0.15) is 49.4 Å². The number of carbonyl (C=O) groups excluding carboxylic acids is 2. The lowest BCUT2D eigenvalue weighted by Gasteiger charge is -2.08. The zero-order valence-electron chi connectivity index (χ0n) is 12.7. The Hall–Kier alpha value is -2.37. The predicted molar refractivity (Wildman–Crippen MR) is 83.8 cm³/mol. The first-order valence-electron chi connectivity index (χ1n) is 7.43. The van der Waals surface area contributed by atoms with E-state index in [0.717, 1.165) is 6.42 Å². The van der Waals surface area contributed by atoms with Crippen molar-refractivity contribution in [1.82, 2.24) is 5.32 Å². The minimum absolute atomic E-state index is 0.0698. The van der Waals surface area contributed by atoms with Crippen LogP contribution < -0.4 is 10.6 Å². The Bertz CT molecular complexity index is 529. The van der Waals surface area contributed by atoms with Gasteiger partial charge in [-0.2, -0.15) is 0 Å². The Morgan fingerprint density at radius 2 is 1.86 bits per heavy atom. The van der Waals surface area contributed by atoms with Crippen LogP contribution in [-0.2, 0) is 9.59 Å². The fourth-order valence-electron chi connectivity index (χ4n) is 1.86. The minimum atomic E-state index is -0.855. The second-order valence-electron chi connectivity index (χ2n) is 4.99. The number of nitrogens with one attached hydrogen (secondary N) is 2. The summed E-state index contributed by atoms with van der Waals surface area (Å²) in [6.45, 7) is 2.58. The summed E-state index contributed by atoms with van der Waals surface area (Å²) in [5.41, 5.74) is 1.06. The molecule has 3 N–H and O–H groups in total. The summed E-state index contributed by atoms with van der Waals surface area (Å²) in [5.74, 6) is -1.21. The van der Waals surface area contributed by atoms with Gasteiger partial charge in [0.05, 0.1) is 0 Å². The maximum Gasteiger partial charge on any atom is 0.303 e. The third kappa shape index (κ3) is 6.88. The first-order valence-corrected chi connectivity index (χ1v) is 7.43. The number of hydrogen-bond acceptors (Lipinski definition) is 3. The molecule has 0 saturated carbocycles. The van der Waals surface area contributed by atoms with Crippen molar-refractivity contribution in [1.29, 1.82) is 0 Å². The summed E-state index contributed by atoms with van der Waals surface area (Å²) in [5, 5.41) is 14.0. The molecule has 1 aromatic rings. The smallest absolute Gasteiger partial charge is 0.303 e. The quantitative estimate of drug-likeness (QED) is 0.610. The van der Waals surface area contributed by atoms with Crippen molar-refractivity contribution in [2.45, 2.75) is 39.0 Å². The maximum absolute atomic E-state index is 11.8. The van der Waals surface area contributed by atoms with Crippen LogP contribution in [0.25, 0.3) is 0 Å². The highest BCUT2D eigenvalue weighted by atomic mass is 16.4. The highest BCUT2D eigenvalue weighted by Gasteiger charge is 2.07.